The summed E-state index contributed by atoms with van der Waals surface area (Å²) in [5.74, 6) is -3.43. The summed E-state index contributed by atoms with van der Waals surface area (Å²) in [4.78, 5) is 83.9. The highest BCUT2D eigenvalue weighted by Gasteiger charge is 2.72. The van der Waals surface area contributed by atoms with Crippen LogP contribution < -0.4 is 5.32 Å². The molecule has 3 aliphatic carbocycles. The van der Waals surface area contributed by atoms with Gasteiger partial charge in [-0.15, -0.1) is 0 Å². The third-order valence-electron chi connectivity index (χ3n) is 13.1. The van der Waals surface area contributed by atoms with Crippen molar-refractivity contribution >= 4 is 81.1 Å². The van der Waals surface area contributed by atoms with E-state index in [2.05, 4.69) is 5.32 Å². The molecular formula is C47H47I2NO14. The van der Waals surface area contributed by atoms with E-state index in [1.165, 1.54) is 6.42 Å². The first-order valence-electron chi connectivity index (χ1n) is 20.5. The van der Waals surface area contributed by atoms with E-state index in [0.29, 0.717) is 17.1 Å². The number of carbonyl (C=O) groups excluding carboxylic acids is 6. The van der Waals surface area contributed by atoms with E-state index in [9.17, 15) is 29.1 Å². The maximum Gasteiger partial charge on any atom is 0.509 e. The molecule has 2 N–H and O–H groups in total. The van der Waals surface area contributed by atoms with Crippen molar-refractivity contribution in [2.75, 3.05) is 15.8 Å². The predicted molar refractivity (Wildman–Crippen MR) is 244 cm³/mol. The van der Waals surface area contributed by atoms with Crippen molar-refractivity contribution < 1.29 is 67.0 Å². The second-order valence-electron chi connectivity index (χ2n) is 16.7. The van der Waals surface area contributed by atoms with Gasteiger partial charge in [0.2, 0.25) is 6.10 Å². The molecule has 2 bridgehead atoms. The lowest BCUT2D eigenvalue weighted by Gasteiger charge is -2.63. The summed E-state index contributed by atoms with van der Waals surface area (Å²) in [5, 5.41) is 16.4. The molecule has 2 saturated carbocycles. The molecule has 4 aliphatic rings. The second-order valence-corrected chi connectivity index (χ2v) is 18.0. The number of halogens is 2. The van der Waals surface area contributed by atoms with Gasteiger partial charge in [-0.2, -0.15) is 0 Å². The molecular weight excluding hydrogens is 1060 g/mol. The largest absolute Gasteiger partial charge is 0.509 e. The number of fused-ring (bicyclic) bond motifs is 5. The van der Waals surface area contributed by atoms with E-state index in [1.807, 2.05) is 22.6 Å². The van der Waals surface area contributed by atoms with Crippen LogP contribution in [0.5, 0.6) is 0 Å². The van der Waals surface area contributed by atoms with Crippen LogP contribution in [0.25, 0.3) is 0 Å². The van der Waals surface area contributed by atoms with Crippen molar-refractivity contribution in [2.45, 2.75) is 82.7 Å². The summed E-state index contributed by atoms with van der Waals surface area (Å²) < 4.78 is 40.3. The van der Waals surface area contributed by atoms with Gasteiger partial charge in [-0.3, -0.25) is 9.59 Å². The number of carbonyl (C=O) groups is 6. The molecule has 2 radical (unpaired) electrons. The fraction of sp³-hybridized carbons (Fsp3) is 0.404. The van der Waals surface area contributed by atoms with Crippen molar-refractivity contribution in [1.82, 2.24) is 5.32 Å². The molecule has 0 aromatic heterocycles. The highest BCUT2D eigenvalue weighted by atomic mass is 127. The van der Waals surface area contributed by atoms with Gasteiger partial charge < -0.3 is 43.6 Å². The highest BCUT2D eigenvalue weighted by Crippen LogP contribution is 2.63. The van der Waals surface area contributed by atoms with Crippen molar-refractivity contribution in [3.05, 3.63) is 131 Å². The third-order valence-corrected chi connectivity index (χ3v) is 13.7. The van der Waals surface area contributed by atoms with Crippen LogP contribution in [0.3, 0.4) is 0 Å². The minimum Gasteiger partial charge on any atom is -0.455 e. The summed E-state index contributed by atoms with van der Waals surface area (Å²) >= 11 is 3.64. The van der Waals surface area contributed by atoms with Crippen LogP contribution in [-0.2, 0) is 42.7 Å². The average molecular weight is 1100 g/mol. The monoisotopic (exact) mass is 1100 g/mol. The zero-order valence-corrected chi connectivity index (χ0v) is 39.6. The molecule has 1 amide bonds. The maximum atomic E-state index is 15.2. The predicted octanol–water partition coefficient (Wildman–Crippen LogP) is 7.39. The number of ketones is 1. The molecule has 64 heavy (non-hydrogen) atoms. The van der Waals surface area contributed by atoms with Gasteiger partial charge in [0.05, 0.1) is 30.1 Å². The number of esters is 2. The number of benzene rings is 3. The number of nitrogens with one attached hydrogen (secondary N) is 1. The fourth-order valence-electron chi connectivity index (χ4n) is 9.44. The number of hydrogen-bond donors (Lipinski definition) is 2. The molecule has 3 aromatic carbocycles. The number of aliphatic hydroxyl groups is 1. The molecule has 0 spiro atoms. The molecule has 1 heterocycles. The van der Waals surface area contributed by atoms with E-state index in [-0.39, 0.29) is 45.4 Å². The third kappa shape index (κ3) is 9.00. The Morgan fingerprint density at radius 1 is 0.828 bits per heavy atom. The van der Waals surface area contributed by atoms with E-state index < -0.39 is 94.9 Å². The second kappa shape index (κ2) is 19.5. The smallest absolute Gasteiger partial charge is 0.455 e. The number of rotatable bonds is 12. The highest BCUT2D eigenvalue weighted by molar-refractivity contribution is 14.1. The SMILES string of the molecule is CC1=C2[CH]C(=O)[C@]3(C)[C@@H](OC(=O)OCI)C[C@H]4OC[C]4[C@H]3C(OC(=O)c3ccccc3)[C@](O)(C[C@@H]1OC(=O)[C@H](OC(=O)OCI)[C@@H](NC(=O)c1ccccc1)c1ccccc1)C2(C)C. The number of amides is 1. The minimum atomic E-state index is -2.13. The molecule has 1 aliphatic heterocycles. The van der Waals surface area contributed by atoms with Crippen LogP contribution in [0, 0.1) is 29.1 Å². The van der Waals surface area contributed by atoms with Gasteiger partial charge in [-0.1, -0.05) is 80.6 Å². The Labute approximate surface area is 397 Å². The Balaban J connectivity index is 1.33. The van der Waals surface area contributed by atoms with Crippen molar-refractivity contribution in [1.29, 1.82) is 0 Å². The lowest BCUT2D eigenvalue weighted by atomic mass is 9.46. The molecule has 1 unspecified atom stereocenters. The average Bonchev–Trinajstić information content (AvgIpc) is 3.27. The molecule has 17 heteroatoms. The zero-order valence-electron chi connectivity index (χ0n) is 35.3. The fourth-order valence-corrected chi connectivity index (χ4v) is 9.95. The summed E-state index contributed by atoms with van der Waals surface area (Å²) in [5.41, 5.74) is -3.68. The van der Waals surface area contributed by atoms with Crippen molar-refractivity contribution in [2.24, 2.45) is 16.7 Å². The van der Waals surface area contributed by atoms with Crippen molar-refractivity contribution in [3.63, 3.8) is 0 Å². The first-order chi connectivity index (χ1) is 30.5. The van der Waals surface area contributed by atoms with Gasteiger partial charge in [0.25, 0.3) is 5.91 Å². The van der Waals surface area contributed by atoms with Crippen LogP contribution in [0.1, 0.15) is 72.9 Å². The van der Waals surface area contributed by atoms with E-state index in [1.54, 1.807) is 141 Å². The molecule has 3 fully saturated rings. The van der Waals surface area contributed by atoms with Crippen LogP contribution in [0.4, 0.5) is 9.59 Å². The number of alkyl halides is 2. The minimum absolute atomic E-state index is 0.0187. The molecule has 9 atom stereocenters. The van der Waals surface area contributed by atoms with Gasteiger partial charge in [0.15, 0.2) is 5.78 Å². The van der Waals surface area contributed by atoms with Crippen LogP contribution in [-0.4, -0.2) is 93.0 Å². The maximum absolute atomic E-state index is 15.2. The zero-order chi connectivity index (χ0) is 46.0. The Bertz CT molecular complexity index is 2280. The normalized spacial score (nSPS) is 27.9. The Kier molecular flexibility index (Phi) is 14.4. The summed E-state index contributed by atoms with van der Waals surface area (Å²) in [6, 6.07) is 23.5. The van der Waals surface area contributed by atoms with E-state index >= 15 is 4.79 Å². The first-order valence-corrected chi connectivity index (χ1v) is 23.6. The standard InChI is InChI=1S/C47H47I2NO14/c1-26-31-20-34(51)46(4)35(62-43(55)59-24-48)21-32-30(23-58-32)36(46)39(64-41(53)29-18-12-7-13-19-29)47(57,45(31,2)3)22-33(26)61-42(54)38(63-44(56)60-25-49)37(27-14-8-5-9-15-27)50-40(52)28-16-10-6-11-17-28/h5-20,32-33,35-39,57H,21-25H2,1-4H3,(H,50,52)/t32-,33+,35+,36+,37+,38-,39?,46-,47-/m1/s1. The Morgan fingerprint density at radius 2 is 1.42 bits per heavy atom. The van der Waals surface area contributed by atoms with Gasteiger partial charge in [-0.25, -0.2) is 19.2 Å². The molecule has 3 aromatic rings. The molecule has 338 valence electrons. The van der Waals surface area contributed by atoms with Crippen molar-refractivity contribution in [3.8, 4) is 0 Å². The first kappa shape index (κ1) is 47.4. The van der Waals surface area contributed by atoms with Crippen LogP contribution in [0.2, 0.25) is 0 Å². The number of Topliss-reactive ketones (excluding diaryl/α,β-unsaturated/α-hetero) is 1. The van der Waals surface area contributed by atoms with Crippen LogP contribution >= 0.6 is 45.2 Å². The Hall–Kier alpha value is -4.60. The number of hydrogen-bond acceptors (Lipinski definition) is 14. The molecule has 15 nitrogen and oxygen atoms in total. The van der Waals surface area contributed by atoms with E-state index in [0.717, 1.165) is 0 Å². The number of ether oxygens (including phenoxy) is 7. The molecule has 7 rings (SSSR count). The Morgan fingerprint density at radius 3 is 2.02 bits per heavy atom. The van der Waals surface area contributed by atoms with Gasteiger partial charge in [0, 0.05) is 35.7 Å². The van der Waals surface area contributed by atoms with Gasteiger partial charge >= 0.3 is 24.2 Å². The van der Waals surface area contributed by atoms with Gasteiger partial charge in [0.1, 0.15) is 39.2 Å². The summed E-state index contributed by atoms with van der Waals surface area (Å²) in [6.45, 7) is 6.77. The quantitative estimate of drug-likeness (QED) is 0.0788. The lowest BCUT2D eigenvalue weighted by molar-refractivity contribution is -0.232. The van der Waals surface area contributed by atoms with Crippen LogP contribution in [0.15, 0.2) is 102 Å². The van der Waals surface area contributed by atoms with Gasteiger partial charge in [-0.05, 0) is 100 Å². The summed E-state index contributed by atoms with van der Waals surface area (Å²) in [7, 11) is 0. The summed E-state index contributed by atoms with van der Waals surface area (Å²) in [6.07, 6.45) is -7.62. The topological polar surface area (TPSA) is 199 Å². The molecule has 1 saturated heterocycles. The van der Waals surface area contributed by atoms with E-state index in [4.69, 9.17) is 33.2 Å². The lowest BCUT2D eigenvalue weighted by Crippen LogP contribution is -2.73.